The molecule has 1 atom stereocenters. The van der Waals surface area contributed by atoms with Crippen LogP contribution in [0.4, 0.5) is 0 Å². The molecule has 0 aromatic rings. The molecule has 0 aliphatic heterocycles. The summed E-state index contributed by atoms with van der Waals surface area (Å²) in [4.78, 5) is 96.1. The van der Waals surface area contributed by atoms with Crippen molar-refractivity contribution in [2.75, 3.05) is 0 Å². The van der Waals surface area contributed by atoms with Crippen molar-refractivity contribution in [1.29, 1.82) is 0 Å². The number of carboxylic acids is 2. The fourth-order valence-electron chi connectivity index (χ4n) is 3.31. The predicted octanol–water partition coefficient (Wildman–Crippen LogP) is 0.963. The number of aliphatic carboxylic acids is 2. The zero-order chi connectivity index (χ0) is 23.9. The first-order valence-electron chi connectivity index (χ1n) is 9.35. The van der Waals surface area contributed by atoms with Gasteiger partial charge in [-0.25, -0.2) is 0 Å². The van der Waals surface area contributed by atoms with Crippen molar-refractivity contribution in [3.63, 3.8) is 0 Å². The molecule has 0 saturated heterocycles. The second-order valence-corrected chi connectivity index (χ2v) is 7.01. The highest BCUT2D eigenvalue weighted by atomic mass is 16.4. The van der Waals surface area contributed by atoms with Crippen LogP contribution in [0.3, 0.4) is 0 Å². The summed E-state index contributed by atoms with van der Waals surface area (Å²) in [5.74, 6) is -11.0. The minimum Gasteiger partial charge on any atom is -0.480 e. The SMILES string of the molecule is CCCCC(=O)C(C(C)=O)(C(=O)O)C(=O)CCCC(=O)C(C(C)=O)(C(C)=O)C(=O)O. The van der Waals surface area contributed by atoms with E-state index in [2.05, 4.69) is 0 Å². The molecule has 0 aromatic heterocycles. The molecule has 2 N–H and O–H groups in total. The van der Waals surface area contributed by atoms with E-state index >= 15 is 0 Å². The number of hydrogen-bond acceptors (Lipinski definition) is 8. The van der Waals surface area contributed by atoms with Crippen molar-refractivity contribution < 1.29 is 48.6 Å². The van der Waals surface area contributed by atoms with Gasteiger partial charge in [0.2, 0.25) is 10.8 Å². The van der Waals surface area contributed by atoms with E-state index in [1.807, 2.05) is 0 Å². The van der Waals surface area contributed by atoms with Gasteiger partial charge in [-0.2, -0.15) is 0 Å². The Morgan fingerprint density at radius 3 is 1.13 bits per heavy atom. The number of carbonyl (C=O) groups is 8. The summed E-state index contributed by atoms with van der Waals surface area (Å²) in [5.41, 5.74) is -5.81. The van der Waals surface area contributed by atoms with Gasteiger partial charge in [0.05, 0.1) is 0 Å². The lowest BCUT2D eigenvalue weighted by Crippen LogP contribution is -2.52. The van der Waals surface area contributed by atoms with Crippen LogP contribution in [0.25, 0.3) is 0 Å². The zero-order valence-corrected chi connectivity index (χ0v) is 17.4. The Bertz CT molecular complexity index is 739. The summed E-state index contributed by atoms with van der Waals surface area (Å²) in [6.07, 6.45) is -1.38. The number of carboxylic acid groups (broad SMARTS) is 2. The van der Waals surface area contributed by atoms with Crippen LogP contribution in [0.1, 0.15) is 66.2 Å². The van der Waals surface area contributed by atoms with Gasteiger partial charge in [0, 0.05) is 19.3 Å². The van der Waals surface area contributed by atoms with Gasteiger partial charge >= 0.3 is 11.9 Å². The van der Waals surface area contributed by atoms with Crippen molar-refractivity contribution in [1.82, 2.24) is 0 Å². The summed E-state index contributed by atoms with van der Waals surface area (Å²) in [5, 5.41) is 18.8. The Hall–Kier alpha value is -3.04. The van der Waals surface area contributed by atoms with E-state index in [1.54, 1.807) is 6.92 Å². The molecule has 30 heavy (non-hydrogen) atoms. The maximum absolute atomic E-state index is 12.6. The number of Topliss-reactive ketones (excluding diaryl/α,β-unsaturated/α-hetero) is 6. The summed E-state index contributed by atoms with van der Waals surface area (Å²) in [6.45, 7) is 4.09. The van der Waals surface area contributed by atoms with E-state index in [1.165, 1.54) is 0 Å². The summed E-state index contributed by atoms with van der Waals surface area (Å²) < 4.78 is 0. The largest absolute Gasteiger partial charge is 0.480 e. The first kappa shape index (κ1) is 27.0. The maximum Gasteiger partial charge on any atom is 0.332 e. The molecule has 0 radical (unpaired) electrons. The molecule has 0 aliphatic rings. The summed E-state index contributed by atoms with van der Waals surface area (Å²) in [6, 6.07) is 0. The smallest absolute Gasteiger partial charge is 0.332 e. The lowest BCUT2D eigenvalue weighted by atomic mass is 9.72. The minimum atomic E-state index is -2.91. The van der Waals surface area contributed by atoms with Crippen LogP contribution in [0.15, 0.2) is 0 Å². The Morgan fingerprint density at radius 2 is 0.867 bits per heavy atom. The van der Waals surface area contributed by atoms with Crippen molar-refractivity contribution >= 4 is 46.6 Å². The number of unbranched alkanes of at least 4 members (excludes halogenated alkanes) is 1. The molecule has 10 nitrogen and oxygen atoms in total. The van der Waals surface area contributed by atoms with Gasteiger partial charge in [-0.3, -0.25) is 38.4 Å². The standard InChI is InChI=1S/C20H26O10/c1-5-6-8-15(25)20(13(4)23,18(29)30)16(26)10-7-9-14(24)19(11(2)21,12(3)22)17(27)28/h5-10H2,1-4H3,(H,27,28)(H,29,30). The highest BCUT2D eigenvalue weighted by molar-refractivity contribution is 6.37. The maximum atomic E-state index is 12.6. The lowest BCUT2D eigenvalue weighted by Gasteiger charge is -2.24. The molecule has 0 amide bonds. The van der Waals surface area contributed by atoms with Gasteiger partial charge in [-0.1, -0.05) is 13.3 Å². The van der Waals surface area contributed by atoms with Gasteiger partial charge in [0.1, 0.15) is 0 Å². The molecule has 0 rings (SSSR count). The molecular weight excluding hydrogens is 400 g/mol. The lowest BCUT2D eigenvalue weighted by molar-refractivity contribution is -0.165. The van der Waals surface area contributed by atoms with Crippen molar-refractivity contribution in [2.24, 2.45) is 10.8 Å². The average Bonchev–Trinajstić information content (AvgIpc) is 2.59. The van der Waals surface area contributed by atoms with Crippen molar-refractivity contribution in [2.45, 2.75) is 66.2 Å². The fourth-order valence-corrected chi connectivity index (χ4v) is 3.31. The molecule has 0 bridgehead atoms. The third-order valence-corrected chi connectivity index (χ3v) is 5.05. The minimum absolute atomic E-state index is 0.269. The molecule has 0 saturated carbocycles. The Labute approximate surface area is 173 Å². The van der Waals surface area contributed by atoms with Gasteiger partial charge in [-0.05, 0) is 33.6 Å². The quantitative estimate of drug-likeness (QED) is 0.358. The van der Waals surface area contributed by atoms with E-state index in [0.29, 0.717) is 6.42 Å². The van der Waals surface area contributed by atoms with Crippen LogP contribution in [0, 0.1) is 10.8 Å². The normalized spacial score (nSPS) is 13.1. The second-order valence-electron chi connectivity index (χ2n) is 7.01. The van der Waals surface area contributed by atoms with Crippen LogP contribution in [0.5, 0.6) is 0 Å². The molecule has 0 heterocycles. The van der Waals surface area contributed by atoms with Gasteiger partial charge in [-0.15, -0.1) is 0 Å². The molecule has 0 spiro atoms. The number of carbonyl (C=O) groups excluding carboxylic acids is 6. The first-order chi connectivity index (χ1) is 13.7. The molecule has 166 valence electrons. The Balaban J connectivity index is 5.70. The monoisotopic (exact) mass is 426 g/mol. The van der Waals surface area contributed by atoms with Gasteiger partial charge < -0.3 is 10.2 Å². The van der Waals surface area contributed by atoms with E-state index in [4.69, 9.17) is 0 Å². The topological polar surface area (TPSA) is 177 Å². The van der Waals surface area contributed by atoms with Crippen LogP contribution >= 0.6 is 0 Å². The Kier molecular flexibility index (Phi) is 9.58. The molecule has 0 fully saturated rings. The predicted molar refractivity (Wildman–Crippen MR) is 101 cm³/mol. The number of hydrogen-bond donors (Lipinski definition) is 2. The van der Waals surface area contributed by atoms with Crippen molar-refractivity contribution in [3.8, 4) is 0 Å². The third-order valence-electron chi connectivity index (χ3n) is 5.05. The molecule has 0 aromatic carbocycles. The van der Waals surface area contributed by atoms with Crippen LogP contribution in [-0.2, 0) is 38.4 Å². The number of rotatable bonds is 15. The van der Waals surface area contributed by atoms with E-state index in [0.717, 1.165) is 20.8 Å². The number of ketones is 6. The third kappa shape index (κ3) is 4.74. The summed E-state index contributed by atoms with van der Waals surface area (Å²) >= 11 is 0. The molecule has 0 aliphatic carbocycles. The molecule has 10 heteroatoms. The summed E-state index contributed by atoms with van der Waals surface area (Å²) in [7, 11) is 0. The fraction of sp³-hybridized carbons (Fsp3) is 0.600. The van der Waals surface area contributed by atoms with Crippen LogP contribution < -0.4 is 0 Å². The average molecular weight is 426 g/mol. The second kappa shape index (κ2) is 10.7. The van der Waals surface area contributed by atoms with Crippen LogP contribution in [0.2, 0.25) is 0 Å². The highest BCUT2D eigenvalue weighted by Crippen LogP contribution is 2.29. The molecular formula is C20H26O10. The van der Waals surface area contributed by atoms with E-state index in [9.17, 15) is 48.6 Å². The van der Waals surface area contributed by atoms with E-state index < -0.39 is 76.7 Å². The van der Waals surface area contributed by atoms with Crippen LogP contribution in [-0.4, -0.2) is 56.9 Å². The van der Waals surface area contributed by atoms with Crippen molar-refractivity contribution in [3.05, 3.63) is 0 Å². The highest BCUT2D eigenvalue weighted by Gasteiger charge is 2.57. The zero-order valence-electron chi connectivity index (χ0n) is 17.4. The van der Waals surface area contributed by atoms with Gasteiger partial charge in [0.25, 0.3) is 0 Å². The molecule has 1 unspecified atom stereocenters. The Morgan fingerprint density at radius 1 is 0.567 bits per heavy atom. The first-order valence-corrected chi connectivity index (χ1v) is 9.35. The van der Waals surface area contributed by atoms with E-state index in [-0.39, 0.29) is 12.8 Å². The van der Waals surface area contributed by atoms with Gasteiger partial charge in [0.15, 0.2) is 34.7 Å².